The lowest BCUT2D eigenvalue weighted by atomic mass is 10.0. The summed E-state index contributed by atoms with van der Waals surface area (Å²) in [6.45, 7) is 6.38. The van der Waals surface area contributed by atoms with Crippen molar-refractivity contribution in [3.63, 3.8) is 0 Å². The molecule has 0 aromatic heterocycles. The van der Waals surface area contributed by atoms with Crippen molar-refractivity contribution in [2.75, 3.05) is 52.4 Å². The van der Waals surface area contributed by atoms with Crippen molar-refractivity contribution in [1.29, 1.82) is 10.8 Å². The summed E-state index contributed by atoms with van der Waals surface area (Å²) < 4.78 is 0. The van der Waals surface area contributed by atoms with E-state index in [1.807, 2.05) is 6.92 Å². The molecule has 0 spiro atoms. The van der Waals surface area contributed by atoms with Crippen LogP contribution in [-0.4, -0.2) is 100 Å². The van der Waals surface area contributed by atoms with E-state index in [0.717, 1.165) is 0 Å². The largest absolute Gasteiger partial charge is 0.388 e. The van der Waals surface area contributed by atoms with Crippen LogP contribution in [-0.2, 0) is 11.3 Å². The number of benzene rings is 1. The number of guanidine groups is 1. The fourth-order valence-corrected chi connectivity index (χ4v) is 4.75. The van der Waals surface area contributed by atoms with Gasteiger partial charge in [-0.25, -0.2) is 0 Å². The summed E-state index contributed by atoms with van der Waals surface area (Å²) in [5.41, 5.74) is 11.8. The molecule has 6 N–H and O–H groups in total. The molecule has 0 aliphatic carbocycles. The summed E-state index contributed by atoms with van der Waals surface area (Å²) in [6.07, 6.45) is 1.81. The molecule has 2 amide bonds. The second kappa shape index (κ2) is 12.5. The van der Waals surface area contributed by atoms with Crippen LogP contribution >= 0.6 is 0 Å². The first-order valence-electron chi connectivity index (χ1n) is 12.6. The Morgan fingerprint density at radius 1 is 0.973 bits per heavy atom. The second-order valence-electron chi connectivity index (χ2n) is 9.73. The molecule has 202 valence electrons. The van der Waals surface area contributed by atoms with Gasteiger partial charge in [0.25, 0.3) is 11.6 Å². The van der Waals surface area contributed by atoms with E-state index in [9.17, 15) is 19.7 Å². The highest BCUT2D eigenvalue weighted by molar-refractivity contribution is 5.95. The molecule has 2 aliphatic rings. The number of rotatable bonds is 9. The van der Waals surface area contributed by atoms with Gasteiger partial charge in [0.2, 0.25) is 5.91 Å². The van der Waals surface area contributed by atoms with E-state index in [1.54, 1.807) is 20.8 Å². The molecular formula is C24H37N9O4. The molecule has 2 aliphatic heterocycles. The molecular weight excluding hydrogens is 478 g/mol. The third-order valence-electron chi connectivity index (χ3n) is 6.94. The van der Waals surface area contributed by atoms with Gasteiger partial charge in [0, 0.05) is 88.9 Å². The molecule has 1 unspecified atom stereocenters. The molecule has 37 heavy (non-hydrogen) atoms. The number of hydrogen-bond donors (Lipinski definition) is 4. The molecule has 2 saturated heterocycles. The summed E-state index contributed by atoms with van der Waals surface area (Å²) in [7, 11) is 0. The first-order chi connectivity index (χ1) is 17.5. The summed E-state index contributed by atoms with van der Waals surface area (Å²) in [5.74, 6) is -0.289. The number of carbonyl (C=O) groups excluding carboxylic acids is 2. The minimum atomic E-state index is -0.488. The van der Waals surface area contributed by atoms with Crippen LogP contribution in [0.15, 0.2) is 18.2 Å². The highest BCUT2D eigenvalue weighted by atomic mass is 16.6. The molecule has 2 fully saturated rings. The van der Waals surface area contributed by atoms with E-state index in [0.29, 0.717) is 83.7 Å². The Morgan fingerprint density at radius 2 is 1.57 bits per heavy atom. The summed E-state index contributed by atoms with van der Waals surface area (Å²) in [4.78, 5) is 44.4. The zero-order valence-corrected chi connectivity index (χ0v) is 21.3. The maximum Gasteiger partial charge on any atom is 0.270 e. The molecule has 0 bridgehead atoms. The van der Waals surface area contributed by atoms with Crippen LogP contribution in [0.5, 0.6) is 0 Å². The molecule has 13 heteroatoms. The van der Waals surface area contributed by atoms with Crippen LogP contribution < -0.4 is 11.5 Å². The lowest BCUT2D eigenvalue weighted by Gasteiger charge is -2.36. The van der Waals surface area contributed by atoms with Gasteiger partial charge in [0.05, 0.1) is 10.8 Å². The Balaban J connectivity index is 1.60. The van der Waals surface area contributed by atoms with E-state index in [1.165, 1.54) is 12.1 Å². The third-order valence-corrected chi connectivity index (χ3v) is 6.94. The Hall–Kier alpha value is -3.74. The van der Waals surface area contributed by atoms with Crippen molar-refractivity contribution in [3.05, 3.63) is 39.4 Å². The molecule has 1 aromatic carbocycles. The number of amidine groups is 1. The van der Waals surface area contributed by atoms with Crippen molar-refractivity contribution in [3.8, 4) is 0 Å². The van der Waals surface area contributed by atoms with Crippen LogP contribution in [0.1, 0.15) is 42.1 Å². The molecule has 0 saturated carbocycles. The lowest BCUT2D eigenvalue weighted by Crippen LogP contribution is -2.51. The SMILES string of the molecule is CC(CCCC(=N)N)C(=O)N1CCN(C(=O)c2cc(CN3CCN(C(=N)N)CC3)cc([N+](=O)[O-])c2)CC1. The van der Waals surface area contributed by atoms with Gasteiger partial charge < -0.3 is 26.2 Å². The van der Waals surface area contributed by atoms with Gasteiger partial charge in [-0.2, -0.15) is 0 Å². The van der Waals surface area contributed by atoms with Crippen LogP contribution in [0.3, 0.4) is 0 Å². The Morgan fingerprint density at radius 3 is 2.14 bits per heavy atom. The molecule has 3 rings (SSSR count). The van der Waals surface area contributed by atoms with Crippen molar-refractivity contribution in [2.24, 2.45) is 17.4 Å². The molecule has 1 aromatic rings. The fraction of sp³-hybridized carbons (Fsp3) is 0.583. The van der Waals surface area contributed by atoms with E-state index in [-0.39, 0.29) is 40.8 Å². The zero-order chi connectivity index (χ0) is 27.1. The number of hydrogen-bond acceptors (Lipinski definition) is 7. The smallest absolute Gasteiger partial charge is 0.270 e. The third kappa shape index (κ3) is 7.62. The maximum absolute atomic E-state index is 13.3. The quantitative estimate of drug-likeness (QED) is 0.159. The number of nitrogens with zero attached hydrogens (tertiary/aromatic N) is 5. The van der Waals surface area contributed by atoms with Crippen molar-refractivity contribution < 1.29 is 14.5 Å². The van der Waals surface area contributed by atoms with E-state index in [4.69, 9.17) is 22.3 Å². The molecule has 2 heterocycles. The number of nitro groups is 1. The number of nitro benzene ring substituents is 1. The second-order valence-corrected chi connectivity index (χ2v) is 9.73. The summed E-state index contributed by atoms with van der Waals surface area (Å²) >= 11 is 0. The fourth-order valence-electron chi connectivity index (χ4n) is 4.75. The van der Waals surface area contributed by atoms with Crippen molar-refractivity contribution >= 4 is 29.3 Å². The summed E-state index contributed by atoms with van der Waals surface area (Å²) in [6, 6.07) is 4.52. The average Bonchev–Trinajstić information content (AvgIpc) is 2.87. The van der Waals surface area contributed by atoms with Crippen LogP contribution in [0.2, 0.25) is 0 Å². The van der Waals surface area contributed by atoms with Gasteiger partial charge in [-0.3, -0.25) is 35.4 Å². The monoisotopic (exact) mass is 515 g/mol. The predicted octanol–water partition coefficient (Wildman–Crippen LogP) is 0.633. The Kier molecular flexibility index (Phi) is 9.39. The van der Waals surface area contributed by atoms with E-state index >= 15 is 0 Å². The van der Waals surface area contributed by atoms with Gasteiger partial charge in [-0.1, -0.05) is 6.92 Å². The van der Waals surface area contributed by atoms with Gasteiger partial charge in [-0.15, -0.1) is 0 Å². The molecule has 13 nitrogen and oxygen atoms in total. The maximum atomic E-state index is 13.3. The number of carbonyl (C=O) groups is 2. The van der Waals surface area contributed by atoms with E-state index in [2.05, 4.69) is 4.90 Å². The topological polar surface area (TPSA) is 190 Å². The number of piperazine rings is 2. The lowest BCUT2D eigenvalue weighted by molar-refractivity contribution is -0.385. The van der Waals surface area contributed by atoms with Gasteiger partial charge >= 0.3 is 0 Å². The highest BCUT2D eigenvalue weighted by Gasteiger charge is 2.28. The molecule has 1 atom stereocenters. The number of non-ortho nitro benzene ring substituents is 1. The van der Waals surface area contributed by atoms with Gasteiger partial charge in [0.1, 0.15) is 0 Å². The van der Waals surface area contributed by atoms with Crippen LogP contribution in [0.25, 0.3) is 0 Å². The van der Waals surface area contributed by atoms with Crippen LogP contribution in [0.4, 0.5) is 5.69 Å². The standard InChI is InChI=1S/C24H37N9O4/c1-17(3-2-4-21(25)26)22(34)30-9-11-31(12-10-30)23(35)19-13-18(14-20(15-19)33(36)37)16-29-5-7-32(8-6-29)24(27)28/h13-15,17H,2-12,16H2,1H3,(H3,25,26)(H3,27,28). The minimum Gasteiger partial charge on any atom is -0.388 e. The predicted molar refractivity (Wildman–Crippen MR) is 139 cm³/mol. The zero-order valence-electron chi connectivity index (χ0n) is 21.3. The highest BCUT2D eigenvalue weighted by Crippen LogP contribution is 2.22. The van der Waals surface area contributed by atoms with Crippen molar-refractivity contribution in [1.82, 2.24) is 19.6 Å². The Labute approximate surface area is 216 Å². The van der Waals surface area contributed by atoms with Gasteiger partial charge in [-0.05, 0) is 24.5 Å². The Bertz CT molecular complexity index is 1030. The minimum absolute atomic E-state index is 0.0261. The molecule has 0 radical (unpaired) electrons. The average molecular weight is 516 g/mol. The first kappa shape index (κ1) is 27.8. The first-order valence-corrected chi connectivity index (χ1v) is 12.6. The van der Waals surface area contributed by atoms with Gasteiger partial charge in [0.15, 0.2) is 5.96 Å². The van der Waals surface area contributed by atoms with Crippen LogP contribution in [0, 0.1) is 26.9 Å². The summed E-state index contributed by atoms with van der Waals surface area (Å²) in [5, 5.41) is 26.4. The van der Waals surface area contributed by atoms with E-state index < -0.39 is 4.92 Å². The normalized spacial score (nSPS) is 17.4. The number of nitrogens with one attached hydrogen (secondary N) is 2. The number of nitrogens with two attached hydrogens (primary N) is 2. The number of amides is 2. The van der Waals surface area contributed by atoms with Crippen molar-refractivity contribution in [2.45, 2.75) is 32.7 Å².